The maximum absolute atomic E-state index is 13.2. The van der Waals surface area contributed by atoms with Crippen molar-refractivity contribution in [2.24, 2.45) is 0 Å². The van der Waals surface area contributed by atoms with Gasteiger partial charge in [0.1, 0.15) is 11.6 Å². The van der Waals surface area contributed by atoms with Gasteiger partial charge in [-0.3, -0.25) is 0 Å². The minimum absolute atomic E-state index is 0.0981. The van der Waals surface area contributed by atoms with Gasteiger partial charge in [-0.2, -0.15) is 0 Å². The number of hydrogen-bond donors (Lipinski definition) is 1. The molecule has 0 bridgehead atoms. The highest BCUT2D eigenvalue weighted by atomic mass is 19.1. The summed E-state index contributed by atoms with van der Waals surface area (Å²) in [6, 6.07) is 6.99. The Morgan fingerprint density at radius 3 is 2.75 bits per heavy atom. The lowest BCUT2D eigenvalue weighted by molar-refractivity contribution is 0.0696. The van der Waals surface area contributed by atoms with Crippen LogP contribution in [0.15, 0.2) is 30.3 Å². The van der Waals surface area contributed by atoms with E-state index in [0.29, 0.717) is 17.9 Å². The SMILES string of the molecule is CCc1cc(C(=O)O)cc(Oc2cc(F)ccc2C)n1. The number of halogens is 1. The first-order valence-corrected chi connectivity index (χ1v) is 6.18. The summed E-state index contributed by atoms with van der Waals surface area (Å²) in [5.74, 6) is -1.00. The van der Waals surface area contributed by atoms with Crippen LogP contribution in [0.2, 0.25) is 0 Å². The van der Waals surface area contributed by atoms with E-state index in [1.165, 1.54) is 24.3 Å². The standard InChI is InChI=1S/C15H14FNO3/c1-3-12-6-10(15(18)19)7-14(17-12)20-13-8-11(16)5-4-9(13)2/h4-8H,3H2,1-2H3,(H,18,19). The maximum Gasteiger partial charge on any atom is 0.335 e. The predicted molar refractivity (Wildman–Crippen MR) is 71.8 cm³/mol. The third-order valence-corrected chi connectivity index (χ3v) is 2.83. The fraction of sp³-hybridized carbons (Fsp3) is 0.200. The number of carboxylic acids is 1. The number of nitrogens with zero attached hydrogens (tertiary/aromatic N) is 1. The molecule has 5 heteroatoms. The average Bonchev–Trinajstić information content (AvgIpc) is 2.42. The fourth-order valence-electron chi connectivity index (χ4n) is 1.71. The molecule has 0 fully saturated rings. The van der Waals surface area contributed by atoms with Crippen molar-refractivity contribution in [3.63, 3.8) is 0 Å². The third-order valence-electron chi connectivity index (χ3n) is 2.83. The molecule has 1 aromatic carbocycles. The van der Waals surface area contributed by atoms with E-state index < -0.39 is 11.8 Å². The van der Waals surface area contributed by atoms with Gasteiger partial charge in [0, 0.05) is 17.8 Å². The molecule has 20 heavy (non-hydrogen) atoms. The van der Waals surface area contributed by atoms with E-state index in [9.17, 15) is 9.18 Å². The molecule has 0 atom stereocenters. The van der Waals surface area contributed by atoms with E-state index in [4.69, 9.17) is 9.84 Å². The van der Waals surface area contributed by atoms with Gasteiger partial charge in [0.05, 0.1) is 5.56 Å². The first kappa shape index (κ1) is 14.0. The first-order chi connectivity index (χ1) is 9.49. The van der Waals surface area contributed by atoms with Gasteiger partial charge in [0.2, 0.25) is 5.88 Å². The molecule has 2 aromatic rings. The molecule has 0 saturated carbocycles. The zero-order valence-electron chi connectivity index (χ0n) is 11.2. The highest BCUT2D eigenvalue weighted by Gasteiger charge is 2.10. The fourth-order valence-corrected chi connectivity index (χ4v) is 1.71. The number of benzene rings is 1. The van der Waals surface area contributed by atoms with E-state index in [2.05, 4.69) is 4.98 Å². The number of aromatic carboxylic acids is 1. The highest BCUT2D eigenvalue weighted by Crippen LogP contribution is 2.25. The van der Waals surface area contributed by atoms with Crippen molar-refractivity contribution in [3.8, 4) is 11.6 Å². The van der Waals surface area contributed by atoms with Crippen molar-refractivity contribution >= 4 is 5.97 Å². The second-order valence-electron chi connectivity index (χ2n) is 4.36. The van der Waals surface area contributed by atoms with Crippen LogP contribution in [0, 0.1) is 12.7 Å². The van der Waals surface area contributed by atoms with E-state index in [1.807, 2.05) is 6.92 Å². The molecule has 0 amide bonds. The molecule has 4 nitrogen and oxygen atoms in total. The minimum Gasteiger partial charge on any atom is -0.478 e. The van der Waals surface area contributed by atoms with E-state index in [0.717, 1.165) is 5.56 Å². The Labute approximate surface area is 115 Å². The van der Waals surface area contributed by atoms with Gasteiger partial charge in [0.25, 0.3) is 0 Å². The number of aromatic nitrogens is 1. The molecule has 0 saturated heterocycles. The van der Waals surface area contributed by atoms with Crippen molar-refractivity contribution in [1.82, 2.24) is 4.98 Å². The number of carbonyl (C=O) groups is 1. The molecular formula is C15H14FNO3. The van der Waals surface area contributed by atoms with Crippen LogP contribution < -0.4 is 4.74 Å². The van der Waals surface area contributed by atoms with Crippen LogP contribution in [0.3, 0.4) is 0 Å². The zero-order chi connectivity index (χ0) is 14.7. The lowest BCUT2D eigenvalue weighted by Crippen LogP contribution is -2.02. The molecule has 0 unspecified atom stereocenters. The number of aryl methyl sites for hydroxylation is 2. The van der Waals surface area contributed by atoms with Crippen LogP contribution >= 0.6 is 0 Å². The first-order valence-electron chi connectivity index (χ1n) is 6.18. The van der Waals surface area contributed by atoms with Crippen LogP contribution in [-0.4, -0.2) is 16.1 Å². The Morgan fingerprint density at radius 2 is 2.10 bits per heavy atom. The van der Waals surface area contributed by atoms with Gasteiger partial charge in [-0.05, 0) is 31.0 Å². The molecule has 1 heterocycles. The topological polar surface area (TPSA) is 59.4 Å². The molecule has 0 aliphatic heterocycles. The van der Waals surface area contributed by atoms with Gasteiger partial charge >= 0.3 is 5.97 Å². The van der Waals surface area contributed by atoms with Gasteiger partial charge in [-0.25, -0.2) is 14.2 Å². The average molecular weight is 275 g/mol. The van der Waals surface area contributed by atoms with Crippen LogP contribution in [0.5, 0.6) is 11.6 Å². The second-order valence-corrected chi connectivity index (χ2v) is 4.36. The van der Waals surface area contributed by atoms with Gasteiger partial charge in [0.15, 0.2) is 0 Å². The summed E-state index contributed by atoms with van der Waals surface area (Å²) >= 11 is 0. The summed E-state index contributed by atoms with van der Waals surface area (Å²) in [4.78, 5) is 15.2. The lowest BCUT2D eigenvalue weighted by atomic mass is 10.2. The van der Waals surface area contributed by atoms with Gasteiger partial charge < -0.3 is 9.84 Å². The zero-order valence-corrected chi connectivity index (χ0v) is 11.2. The molecule has 0 spiro atoms. The Kier molecular flexibility index (Phi) is 3.98. The van der Waals surface area contributed by atoms with Crippen LogP contribution in [0.4, 0.5) is 4.39 Å². The normalized spacial score (nSPS) is 10.3. The second kappa shape index (κ2) is 5.69. The predicted octanol–water partition coefficient (Wildman–Crippen LogP) is 3.58. The van der Waals surface area contributed by atoms with E-state index in [-0.39, 0.29) is 11.4 Å². The maximum atomic E-state index is 13.2. The van der Waals surface area contributed by atoms with E-state index in [1.54, 1.807) is 13.0 Å². The van der Waals surface area contributed by atoms with Crippen LogP contribution in [0.25, 0.3) is 0 Å². The van der Waals surface area contributed by atoms with Gasteiger partial charge in [-0.15, -0.1) is 0 Å². The van der Waals surface area contributed by atoms with Crippen molar-refractivity contribution in [3.05, 3.63) is 53.0 Å². The number of hydrogen-bond acceptors (Lipinski definition) is 3. The number of carboxylic acid groups (broad SMARTS) is 1. The molecule has 1 aromatic heterocycles. The Hall–Kier alpha value is -2.43. The minimum atomic E-state index is -1.05. The Morgan fingerprint density at radius 1 is 1.35 bits per heavy atom. The smallest absolute Gasteiger partial charge is 0.335 e. The lowest BCUT2D eigenvalue weighted by Gasteiger charge is -2.10. The summed E-state index contributed by atoms with van der Waals surface area (Å²) in [7, 11) is 0. The highest BCUT2D eigenvalue weighted by molar-refractivity contribution is 5.88. The largest absolute Gasteiger partial charge is 0.478 e. The summed E-state index contributed by atoms with van der Waals surface area (Å²) in [5, 5.41) is 9.05. The number of rotatable bonds is 4. The van der Waals surface area contributed by atoms with Crippen molar-refractivity contribution in [1.29, 1.82) is 0 Å². The van der Waals surface area contributed by atoms with Crippen molar-refractivity contribution in [2.75, 3.05) is 0 Å². The quantitative estimate of drug-likeness (QED) is 0.926. The molecule has 0 aliphatic rings. The van der Waals surface area contributed by atoms with Crippen molar-refractivity contribution in [2.45, 2.75) is 20.3 Å². The van der Waals surface area contributed by atoms with Crippen LogP contribution in [0.1, 0.15) is 28.5 Å². The van der Waals surface area contributed by atoms with Gasteiger partial charge in [-0.1, -0.05) is 13.0 Å². The molecule has 104 valence electrons. The summed E-state index contributed by atoms with van der Waals surface area (Å²) in [6.45, 7) is 3.64. The number of ether oxygens (including phenoxy) is 1. The van der Waals surface area contributed by atoms with Crippen molar-refractivity contribution < 1.29 is 19.0 Å². The molecule has 1 N–H and O–H groups in total. The summed E-state index contributed by atoms with van der Waals surface area (Å²) < 4.78 is 18.7. The Balaban J connectivity index is 2.39. The summed E-state index contributed by atoms with van der Waals surface area (Å²) in [6.07, 6.45) is 0.583. The monoisotopic (exact) mass is 275 g/mol. The van der Waals surface area contributed by atoms with E-state index >= 15 is 0 Å². The third kappa shape index (κ3) is 3.12. The molecule has 2 rings (SSSR count). The molecule has 0 radical (unpaired) electrons. The number of pyridine rings is 1. The molecular weight excluding hydrogens is 261 g/mol. The molecule has 0 aliphatic carbocycles. The Bertz CT molecular complexity index is 656. The summed E-state index contributed by atoms with van der Waals surface area (Å²) in [5.41, 5.74) is 1.45. The van der Waals surface area contributed by atoms with Crippen LogP contribution in [-0.2, 0) is 6.42 Å².